The lowest BCUT2D eigenvalue weighted by Gasteiger charge is -2.16. The van der Waals surface area contributed by atoms with Crippen LogP contribution in [0.25, 0.3) is 0 Å². The number of benzene rings is 2. The summed E-state index contributed by atoms with van der Waals surface area (Å²) in [6, 6.07) is 14.9. The molecule has 2 aromatic carbocycles. The average Bonchev–Trinajstić information content (AvgIpc) is 2.48. The van der Waals surface area contributed by atoms with Gasteiger partial charge in [-0.05, 0) is 46.6 Å². The predicted octanol–water partition coefficient (Wildman–Crippen LogP) is 4.19. The minimum atomic E-state index is -0.591. The van der Waals surface area contributed by atoms with Crippen molar-refractivity contribution in [3.63, 3.8) is 0 Å². The topological polar surface area (TPSA) is 38.3 Å². The van der Waals surface area contributed by atoms with Crippen LogP contribution in [-0.4, -0.2) is 12.0 Å². The highest BCUT2D eigenvalue weighted by Gasteiger charge is 2.15. The Morgan fingerprint density at radius 2 is 2.00 bits per heavy atom. The molecule has 0 aliphatic carbocycles. The number of hydrogen-bond acceptors (Lipinski definition) is 2. The number of carbonyl (C=O) groups excluding carboxylic acids is 1. The van der Waals surface area contributed by atoms with Crippen molar-refractivity contribution in [1.82, 2.24) is 5.32 Å². The van der Waals surface area contributed by atoms with Crippen LogP contribution in [0.3, 0.4) is 0 Å². The molecule has 1 atom stereocenters. The van der Waals surface area contributed by atoms with Crippen molar-refractivity contribution < 1.29 is 9.53 Å². The Morgan fingerprint density at radius 1 is 1.29 bits per heavy atom. The Kier molecular flexibility index (Phi) is 5.65. The number of halogens is 2. The first kappa shape index (κ1) is 15.9. The summed E-state index contributed by atoms with van der Waals surface area (Å²) in [5.74, 6) is 0.419. The zero-order valence-corrected chi connectivity index (χ0v) is 13.8. The van der Waals surface area contributed by atoms with Crippen LogP contribution in [0.4, 0.5) is 0 Å². The van der Waals surface area contributed by atoms with E-state index in [0.29, 0.717) is 17.3 Å². The molecule has 1 N–H and O–H groups in total. The van der Waals surface area contributed by atoms with E-state index >= 15 is 0 Å². The molecule has 0 aliphatic rings. The Morgan fingerprint density at radius 3 is 2.67 bits per heavy atom. The van der Waals surface area contributed by atoms with Gasteiger partial charge in [0.15, 0.2) is 6.10 Å². The Balaban J connectivity index is 1.90. The minimum Gasteiger partial charge on any atom is -0.480 e. The molecule has 0 saturated carbocycles. The van der Waals surface area contributed by atoms with Crippen LogP contribution in [-0.2, 0) is 11.3 Å². The van der Waals surface area contributed by atoms with Gasteiger partial charge in [-0.1, -0.05) is 41.9 Å². The maximum atomic E-state index is 12.0. The van der Waals surface area contributed by atoms with E-state index in [1.54, 1.807) is 25.1 Å². The molecule has 0 aromatic heterocycles. The predicted molar refractivity (Wildman–Crippen MR) is 87.5 cm³/mol. The molecule has 1 unspecified atom stereocenters. The van der Waals surface area contributed by atoms with Gasteiger partial charge >= 0.3 is 0 Å². The number of rotatable bonds is 5. The van der Waals surface area contributed by atoms with Crippen molar-refractivity contribution in [3.05, 3.63) is 63.6 Å². The fourth-order valence-corrected chi connectivity index (χ4v) is 2.52. The Bertz CT molecular complexity index is 619. The van der Waals surface area contributed by atoms with Crippen LogP contribution < -0.4 is 10.1 Å². The van der Waals surface area contributed by atoms with Crippen molar-refractivity contribution in [1.29, 1.82) is 0 Å². The molecule has 2 rings (SSSR count). The first-order valence-corrected chi connectivity index (χ1v) is 7.66. The molecular formula is C16H15BrClNO2. The van der Waals surface area contributed by atoms with E-state index in [1.165, 1.54) is 0 Å². The van der Waals surface area contributed by atoms with E-state index in [2.05, 4.69) is 21.2 Å². The van der Waals surface area contributed by atoms with Crippen molar-refractivity contribution in [2.24, 2.45) is 0 Å². The molecule has 110 valence electrons. The minimum absolute atomic E-state index is 0.166. The zero-order chi connectivity index (χ0) is 15.2. The number of carbonyl (C=O) groups is 1. The summed E-state index contributed by atoms with van der Waals surface area (Å²) < 4.78 is 6.35. The number of nitrogens with one attached hydrogen (secondary N) is 1. The third kappa shape index (κ3) is 4.76. The van der Waals surface area contributed by atoms with Crippen LogP contribution >= 0.6 is 27.5 Å². The van der Waals surface area contributed by atoms with Crippen molar-refractivity contribution in [3.8, 4) is 5.75 Å². The molecule has 1 amide bonds. The van der Waals surface area contributed by atoms with Gasteiger partial charge in [-0.2, -0.15) is 0 Å². The highest BCUT2D eigenvalue weighted by molar-refractivity contribution is 9.10. The molecule has 0 saturated heterocycles. The fraction of sp³-hybridized carbons (Fsp3) is 0.188. The normalized spacial score (nSPS) is 11.8. The van der Waals surface area contributed by atoms with Gasteiger partial charge in [-0.3, -0.25) is 4.79 Å². The zero-order valence-electron chi connectivity index (χ0n) is 11.5. The lowest BCUT2D eigenvalue weighted by atomic mass is 10.2. The summed E-state index contributed by atoms with van der Waals surface area (Å²) in [7, 11) is 0. The Labute approximate surface area is 137 Å². The quantitative estimate of drug-likeness (QED) is 0.859. The molecule has 2 aromatic rings. The second-order valence-electron chi connectivity index (χ2n) is 4.54. The van der Waals surface area contributed by atoms with Crippen LogP contribution in [0.5, 0.6) is 5.75 Å². The highest BCUT2D eigenvalue weighted by atomic mass is 79.9. The number of ether oxygens (including phenoxy) is 1. The van der Waals surface area contributed by atoms with Gasteiger partial charge < -0.3 is 10.1 Å². The van der Waals surface area contributed by atoms with E-state index in [0.717, 1.165) is 10.0 Å². The SMILES string of the molecule is CC(Oc1ccc(Cl)cc1Br)C(=O)NCc1ccccc1. The molecule has 0 radical (unpaired) electrons. The fourth-order valence-electron chi connectivity index (χ4n) is 1.74. The summed E-state index contributed by atoms with van der Waals surface area (Å²) >= 11 is 9.23. The van der Waals surface area contributed by atoms with E-state index in [-0.39, 0.29) is 5.91 Å². The molecule has 5 heteroatoms. The molecule has 0 spiro atoms. The highest BCUT2D eigenvalue weighted by Crippen LogP contribution is 2.28. The van der Waals surface area contributed by atoms with Crippen molar-refractivity contribution in [2.75, 3.05) is 0 Å². The van der Waals surface area contributed by atoms with Gasteiger partial charge in [-0.15, -0.1) is 0 Å². The number of amides is 1. The Hall–Kier alpha value is -1.52. The first-order chi connectivity index (χ1) is 10.1. The smallest absolute Gasteiger partial charge is 0.261 e. The molecule has 21 heavy (non-hydrogen) atoms. The van der Waals surface area contributed by atoms with Gasteiger partial charge in [0.1, 0.15) is 5.75 Å². The van der Waals surface area contributed by atoms with Crippen molar-refractivity contribution >= 4 is 33.4 Å². The summed E-state index contributed by atoms with van der Waals surface area (Å²) in [6.45, 7) is 2.19. The first-order valence-electron chi connectivity index (χ1n) is 6.49. The van der Waals surface area contributed by atoms with E-state index in [1.807, 2.05) is 30.3 Å². The van der Waals surface area contributed by atoms with Crippen LogP contribution in [0.15, 0.2) is 53.0 Å². The van der Waals surface area contributed by atoms with Crippen LogP contribution in [0, 0.1) is 0 Å². The van der Waals surface area contributed by atoms with E-state index in [9.17, 15) is 4.79 Å². The lowest BCUT2D eigenvalue weighted by Crippen LogP contribution is -2.35. The molecule has 0 aliphatic heterocycles. The molecular weight excluding hydrogens is 354 g/mol. The second kappa shape index (κ2) is 7.48. The average molecular weight is 369 g/mol. The third-order valence-corrected chi connectivity index (χ3v) is 3.73. The van der Waals surface area contributed by atoms with Gasteiger partial charge in [0.2, 0.25) is 0 Å². The number of hydrogen-bond donors (Lipinski definition) is 1. The molecule has 0 bridgehead atoms. The molecule has 3 nitrogen and oxygen atoms in total. The molecule has 0 heterocycles. The summed E-state index contributed by atoms with van der Waals surface area (Å²) in [6.07, 6.45) is -0.591. The lowest BCUT2D eigenvalue weighted by molar-refractivity contribution is -0.127. The molecule has 0 fully saturated rings. The van der Waals surface area contributed by atoms with Gasteiger partial charge in [-0.25, -0.2) is 0 Å². The monoisotopic (exact) mass is 367 g/mol. The van der Waals surface area contributed by atoms with Crippen molar-refractivity contribution in [2.45, 2.75) is 19.6 Å². The summed E-state index contributed by atoms with van der Waals surface area (Å²) in [5.41, 5.74) is 1.05. The maximum absolute atomic E-state index is 12.0. The van der Waals surface area contributed by atoms with Gasteiger partial charge in [0.05, 0.1) is 4.47 Å². The van der Waals surface area contributed by atoms with Crippen LogP contribution in [0.1, 0.15) is 12.5 Å². The maximum Gasteiger partial charge on any atom is 0.261 e. The summed E-state index contributed by atoms with van der Waals surface area (Å²) in [4.78, 5) is 12.0. The van der Waals surface area contributed by atoms with E-state index in [4.69, 9.17) is 16.3 Å². The van der Waals surface area contributed by atoms with E-state index < -0.39 is 6.10 Å². The van der Waals surface area contributed by atoms with Crippen LogP contribution in [0.2, 0.25) is 5.02 Å². The summed E-state index contributed by atoms with van der Waals surface area (Å²) in [5, 5.41) is 3.45. The third-order valence-electron chi connectivity index (χ3n) is 2.88. The van der Waals surface area contributed by atoms with Gasteiger partial charge in [0, 0.05) is 11.6 Å². The van der Waals surface area contributed by atoms with Gasteiger partial charge in [0.25, 0.3) is 5.91 Å². The second-order valence-corrected chi connectivity index (χ2v) is 5.83. The standard InChI is InChI=1S/C16H15BrClNO2/c1-11(21-15-8-7-13(18)9-14(15)17)16(20)19-10-12-5-3-2-4-6-12/h2-9,11H,10H2,1H3,(H,19,20). The largest absolute Gasteiger partial charge is 0.480 e.